The van der Waals surface area contributed by atoms with E-state index in [1.165, 1.54) is 6.07 Å². The molecule has 148 valence electrons. The van der Waals surface area contributed by atoms with Gasteiger partial charge in [-0.2, -0.15) is 5.10 Å². The van der Waals surface area contributed by atoms with E-state index in [1.54, 1.807) is 28.9 Å². The van der Waals surface area contributed by atoms with Gasteiger partial charge in [-0.25, -0.2) is 9.88 Å². The summed E-state index contributed by atoms with van der Waals surface area (Å²) in [7, 11) is 0. The predicted octanol–water partition coefficient (Wildman–Crippen LogP) is 1.48. The van der Waals surface area contributed by atoms with Crippen molar-refractivity contribution in [2.75, 3.05) is 24.7 Å². The van der Waals surface area contributed by atoms with E-state index in [2.05, 4.69) is 10.1 Å². The van der Waals surface area contributed by atoms with Gasteiger partial charge in [0.2, 0.25) is 0 Å². The van der Waals surface area contributed by atoms with E-state index in [1.807, 2.05) is 0 Å². The summed E-state index contributed by atoms with van der Waals surface area (Å²) in [6, 6.07) is 7.80. The number of benzene rings is 1. The van der Waals surface area contributed by atoms with E-state index in [0.29, 0.717) is 24.3 Å². The van der Waals surface area contributed by atoms with Crippen LogP contribution in [0.5, 0.6) is 0 Å². The van der Waals surface area contributed by atoms with E-state index in [-0.39, 0.29) is 33.7 Å². The minimum atomic E-state index is -1.23. The number of carbonyl (C=O) groups excluding carboxylic acids is 2. The number of anilines is 1. The fourth-order valence-corrected chi connectivity index (χ4v) is 3.84. The molecule has 4 heterocycles. The Balaban J connectivity index is 1.76. The Bertz CT molecular complexity index is 1140. The van der Waals surface area contributed by atoms with Crippen molar-refractivity contribution in [1.29, 1.82) is 0 Å². The molecule has 0 aliphatic carbocycles. The van der Waals surface area contributed by atoms with Crippen molar-refractivity contribution >= 4 is 40.3 Å². The van der Waals surface area contributed by atoms with Gasteiger partial charge < -0.3 is 14.9 Å². The molecule has 2 N–H and O–H groups in total. The number of rotatable bonds is 4. The molecule has 3 aromatic rings. The Morgan fingerprint density at radius 1 is 1.21 bits per heavy atom. The molecule has 0 bridgehead atoms. The zero-order valence-electron chi connectivity index (χ0n) is 14.9. The summed E-state index contributed by atoms with van der Waals surface area (Å²) in [6.45, 7) is 0.232. The lowest BCUT2D eigenvalue weighted by molar-refractivity contribution is -0.0267. The van der Waals surface area contributed by atoms with Crippen LogP contribution < -0.4 is 4.90 Å². The molecule has 1 fully saturated rings. The van der Waals surface area contributed by atoms with Crippen molar-refractivity contribution < 1.29 is 24.5 Å². The predicted molar refractivity (Wildman–Crippen MR) is 102 cm³/mol. The van der Waals surface area contributed by atoms with Crippen molar-refractivity contribution in [3.05, 3.63) is 52.2 Å². The van der Waals surface area contributed by atoms with Crippen molar-refractivity contribution in [3.63, 3.8) is 0 Å². The fraction of sp³-hybridized carbons (Fsp3) is 0.263. The molecule has 1 unspecified atom stereocenters. The lowest BCUT2D eigenvalue weighted by Crippen LogP contribution is -2.33. The van der Waals surface area contributed by atoms with Crippen LogP contribution in [0.1, 0.15) is 38.4 Å². The summed E-state index contributed by atoms with van der Waals surface area (Å²) in [6.07, 6.45) is -1.23. The molecule has 0 saturated carbocycles. The molecule has 2 aromatic heterocycles. The van der Waals surface area contributed by atoms with Gasteiger partial charge >= 0.3 is 0 Å². The van der Waals surface area contributed by atoms with E-state index in [9.17, 15) is 19.8 Å². The SMILES string of the molecule is O=C1c2ccccc2C(=O)N1c1nn(C2COC2)c2c(C(O)CO)cc(Cl)nc12. The molecule has 1 atom stereocenters. The highest BCUT2D eigenvalue weighted by molar-refractivity contribution is 6.35. The van der Waals surface area contributed by atoms with Crippen molar-refractivity contribution in [3.8, 4) is 0 Å². The van der Waals surface area contributed by atoms with Crippen molar-refractivity contribution in [2.45, 2.75) is 12.1 Å². The lowest BCUT2D eigenvalue weighted by Gasteiger charge is -2.27. The monoisotopic (exact) mass is 414 g/mol. The van der Waals surface area contributed by atoms with Crippen LogP contribution in [0.2, 0.25) is 5.15 Å². The van der Waals surface area contributed by atoms with Crippen LogP contribution in [-0.2, 0) is 4.74 Å². The van der Waals surface area contributed by atoms with Crippen LogP contribution in [0.15, 0.2) is 30.3 Å². The second-order valence-corrected chi connectivity index (χ2v) is 7.27. The number of amides is 2. The highest BCUT2D eigenvalue weighted by Gasteiger charge is 2.40. The summed E-state index contributed by atoms with van der Waals surface area (Å²) in [5.74, 6) is -0.979. The Morgan fingerprint density at radius 3 is 2.41 bits per heavy atom. The minimum Gasteiger partial charge on any atom is -0.393 e. The van der Waals surface area contributed by atoms with Gasteiger partial charge in [-0.15, -0.1) is 0 Å². The maximum absolute atomic E-state index is 13.0. The first-order valence-corrected chi connectivity index (χ1v) is 9.32. The standard InChI is InChI=1S/C19H15ClN4O5/c20-14-5-12(13(26)6-25)16-15(21-14)17(22-24(16)9-7-29-8-9)23-18(27)10-3-1-2-4-11(10)19(23)28/h1-5,9,13,25-26H,6-8H2. The third-order valence-electron chi connectivity index (χ3n) is 5.14. The third kappa shape index (κ3) is 2.59. The first kappa shape index (κ1) is 18.2. The molecular weight excluding hydrogens is 400 g/mol. The number of fused-ring (bicyclic) bond motifs is 2. The number of aromatic nitrogens is 3. The Morgan fingerprint density at radius 2 is 1.86 bits per heavy atom. The first-order chi connectivity index (χ1) is 14.0. The van der Waals surface area contributed by atoms with Crippen LogP contribution in [0, 0.1) is 0 Å². The Kier molecular flexibility index (Phi) is 4.14. The molecule has 29 heavy (non-hydrogen) atoms. The minimum absolute atomic E-state index is 0.0342. The average molecular weight is 415 g/mol. The molecule has 9 nitrogen and oxygen atoms in total. The van der Waals surface area contributed by atoms with Gasteiger partial charge in [-0.05, 0) is 18.2 Å². The van der Waals surface area contributed by atoms with E-state index in [0.717, 1.165) is 4.90 Å². The Hall–Kier alpha value is -2.85. The highest BCUT2D eigenvalue weighted by Crippen LogP contribution is 2.38. The lowest BCUT2D eigenvalue weighted by atomic mass is 10.1. The van der Waals surface area contributed by atoms with Gasteiger partial charge in [0, 0.05) is 5.56 Å². The molecule has 5 rings (SSSR count). The van der Waals surface area contributed by atoms with Gasteiger partial charge in [0.15, 0.2) is 5.82 Å². The molecule has 0 radical (unpaired) electrons. The van der Waals surface area contributed by atoms with Crippen molar-refractivity contribution in [1.82, 2.24) is 14.8 Å². The summed E-state index contributed by atoms with van der Waals surface area (Å²) in [5.41, 5.74) is 1.47. The van der Waals surface area contributed by atoms with Gasteiger partial charge in [0.1, 0.15) is 16.8 Å². The third-order valence-corrected chi connectivity index (χ3v) is 5.33. The van der Waals surface area contributed by atoms with Gasteiger partial charge in [-0.3, -0.25) is 14.3 Å². The number of nitrogens with zero attached hydrogens (tertiary/aromatic N) is 4. The molecule has 2 aliphatic rings. The van der Waals surface area contributed by atoms with Crippen LogP contribution in [-0.4, -0.2) is 56.6 Å². The molecule has 1 saturated heterocycles. The molecule has 1 aromatic carbocycles. The number of halogens is 1. The summed E-state index contributed by atoms with van der Waals surface area (Å²) < 4.78 is 6.83. The van der Waals surface area contributed by atoms with Crippen molar-refractivity contribution in [2.24, 2.45) is 0 Å². The summed E-state index contributed by atoms with van der Waals surface area (Å²) >= 11 is 6.15. The highest BCUT2D eigenvalue weighted by atomic mass is 35.5. The van der Waals surface area contributed by atoms with Crippen LogP contribution >= 0.6 is 11.6 Å². The number of aliphatic hydroxyl groups excluding tert-OH is 2. The van der Waals surface area contributed by atoms with Gasteiger partial charge in [-0.1, -0.05) is 23.7 Å². The number of aliphatic hydroxyl groups is 2. The fourth-order valence-electron chi connectivity index (χ4n) is 3.63. The molecular formula is C19H15ClN4O5. The maximum atomic E-state index is 13.0. The number of imide groups is 1. The number of hydrogen-bond acceptors (Lipinski definition) is 7. The van der Waals surface area contributed by atoms with Gasteiger partial charge in [0.05, 0.1) is 42.5 Å². The first-order valence-electron chi connectivity index (χ1n) is 8.94. The number of pyridine rings is 1. The smallest absolute Gasteiger partial charge is 0.267 e. The second-order valence-electron chi connectivity index (χ2n) is 6.88. The zero-order valence-corrected chi connectivity index (χ0v) is 15.7. The number of carbonyl (C=O) groups is 2. The average Bonchev–Trinajstić information content (AvgIpc) is 3.15. The topological polar surface area (TPSA) is 118 Å². The number of hydrogen-bond donors (Lipinski definition) is 2. The molecule has 10 heteroatoms. The second kappa shape index (κ2) is 6.60. The van der Waals surface area contributed by atoms with E-state index in [4.69, 9.17) is 16.3 Å². The zero-order chi connectivity index (χ0) is 20.3. The van der Waals surface area contributed by atoms with E-state index < -0.39 is 24.5 Å². The van der Waals surface area contributed by atoms with Crippen LogP contribution in [0.4, 0.5) is 5.82 Å². The number of ether oxygens (including phenoxy) is 1. The molecule has 2 aliphatic heterocycles. The van der Waals surface area contributed by atoms with Crippen LogP contribution in [0.3, 0.4) is 0 Å². The van der Waals surface area contributed by atoms with E-state index >= 15 is 0 Å². The summed E-state index contributed by atoms with van der Waals surface area (Å²) in [5, 5.41) is 24.3. The quantitative estimate of drug-likeness (QED) is 0.490. The molecule has 0 spiro atoms. The normalized spacial score (nSPS) is 17.7. The molecule has 2 amide bonds. The maximum Gasteiger partial charge on any atom is 0.267 e. The summed E-state index contributed by atoms with van der Waals surface area (Å²) in [4.78, 5) is 31.2. The largest absolute Gasteiger partial charge is 0.393 e. The van der Waals surface area contributed by atoms with Gasteiger partial charge in [0.25, 0.3) is 11.8 Å². The van der Waals surface area contributed by atoms with Crippen LogP contribution in [0.25, 0.3) is 11.0 Å². The Labute approximate surface area is 169 Å².